The Morgan fingerprint density at radius 2 is 2.12 bits per heavy atom. The predicted octanol–water partition coefficient (Wildman–Crippen LogP) is 1.90. The number of hydrogen-bond donors (Lipinski definition) is 1. The van der Waals surface area contributed by atoms with Crippen LogP contribution in [0.3, 0.4) is 0 Å². The minimum atomic E-state index is 0.786. The van der Waals surface area contributed by atoms with Crippen LogP contribution < -0.4 is 5.32 Å². The maximum atomic E-state index is 4.32. The van der Waals surface area contributed by atoms with Crippen LogP contribution in [0.25, 0.3) is 0 Å². The highest BCUT2D eigenvalue weighted by atomic mass is 15.1. The van der Waals surface area contributed by atoms with Gasteiger partial charge in [-0.2, -0.15) is 0 Å². The molecule has 0 saturated heterocycles. The van der Waals surface area contributed by atoms with Crippen molar-refractivity contribution in [2.75, 3.05) is 0 Å². The zero-order valence-corrected chi connectivity index (χ0v) is 10.3. The van der Waals surface area contributed by atoms with Gasteiger partial charge in [-0.1, -0.05) is 6.07 Å². The van der Waals surface area contributed by atoms with Crippen LogP contribution in [0.1, 0.15) is 24.0 Å². The third-order valence-electron chi connectivity index (χ3n) is 2.73. The summed E-state index contributed by atoms with van der Waals surface area (Å²) >= 11 is 0. The van der Waals surface area contributed by atoms with E-state index in [1.165, 1.54) is 5.56 Å². The first-order chi connectivity index (χ1) is 8.29. The van der Waals surface area contributed by atoms with E-state index in [2.05, 4.69) is 32.8 Å². The lowest BCUT2D eigenvalue weighted by Gasteiger charge is -2.06. The average Bonchev–Trinajstić information content (AvgIpc) is 2.79. The minimum Gasteiger partial charge on any atom is -0.334 e. The SMILES string of the molecule is CCn1ccnc1CNCc1ccc(C)nc1. The van der Waals surface area contributed by atoms with E-state index in [-0.39, 0.29) is 0 Å². The van der Waals surface area contributed by atoms with Gasteiger partial charge in [0, 0.05) is 37.4 Å². The van der Waals surface area contributed by atoms with Gasteiger partial charge in [0.25, 0.3) is 0 Å². The van der Waals surface area contributed by atoms with E-state index in [4.69, 9.17) is 0 Å². The molecular weight excluding hydrogens is 212 g/mol. The number of pyridine rings is 1. The summed E-state index contributed by atoms with van der Waals surface area (Å²) in [6.45, 7) is 6.69. The van der Waals surface area contributed by atoms with Crippen LogP contribution in [0.15, 0.2) is 30.7 Å². The van der Waals surface area contributed by atoms with Gasteiger partial charge in [0.1, 0.15) is 5.82 Å². The Kier molecular flexibility index (Phi) is 3.88. The van der Waals surface area contributed by atoms with E-state index < -0.39 is 0 Å². The van der Waals surface area contributed by atoms with E-state index in [0.717, 1.165) is 31.2 Å². The number of aryl methyl sites for hydroxylation is 2. The van der Waals surface area contributed by atoms with Crippen molar-refractivity contribution in [2.45, 2.75) is 33.5 Å². The van der Waals surface area contributed by atoms with Crippen molar-refractivity contribution in [1.29, 1.82) is 0 Å². The van der Waals surface area contributed by atoms with Gasteiger partial charge in [-0.15, -0.1) is 0 Å². The summed E-state index contributed by atoms with van der Waals surface area (Å²) < 4.78 is 2.14. The Balaban J connectivity index is 1.85. The second kappa shape index (κ2) is 5.59. The zero-order chi connectivity index (χ0) is 12.1. The second-order valence-corrected chi connectivity index (χ2v) is 4.04. The molecule has 0 unspecified atom stereocenters. The second-order valence-electron chi connectivity index (χ2n) is 4.04. The van der Waals surface area contributed by atoms with Crippen LogP contribution in [0, 0.1) is 6.92 Å². The molecule has 2 rings (SSSR count). The Hall–Kier alpha value is -1.68. The van der Waals surface area contributed by atoms with Crippen LogP contribution in [0.4, 0.5) is 0 Å². The molecule has 90 valence electrons. The van der Waals surface area contributed by atoms with E-state index in [9.17, 15) is 0 Å². The maximum absolute atomic E-state index is 4.32. The van der Waals surface area contributed by atoms with Crippen molar-refractivity contribution in [1.82, 2.24) is 19.9 Å². The molecule has 0 amide bonds. The van der Waals surface area contributed by atoms with Crippen LogP contribution in [0.2, 0.25) is 0 Å². The van der Waals surface area contributed by atoms with Gasteiger partial charge in [-0.05, 0) is 25.5 Å². The number of imidazole rings is 1. The fraction of sp³-hybridized carbons (Fsp3) is 0.385. The first-order valence-electron chi connectivity index (χ1n) is 5.92. The molecule has 0 atom stereocenters. The summed E-state index contributed by atoms with van der Waals surface area (Å²) in [6, 6.07) is 4.13. The van der Waals surface area contributed by atoms with Crippen LogP contribution in [0.5, 0.6) is 0 Å². The first kappa shape index (κ1) is 11.8. The van der Waals surface area contributed by atoms with Crippen molar-refractivity contribution in [3.8, 4) is 0 Å². The molecule has 2 aromatic heterocycles. The zero-order valence-electron chi connectivity index (χ0n) is 10.3. The summed E-state index contributed by atoms with van der Waals surface area (Å²) in [5.41, 5.74) is 2.25. The summed E-state index contributed by atoms with van der Waals surface area (Å²) in [4.78, 5) is 8.58. The smallest absolute Gasteiger partial charge is 0.122 e. The van der Waals surface area contributed by atoms with Gasteiger partial charge in [0.15, 0.2) is 0 Å². The quantitative estimate of drug-likeness (QED) is 0.853. The Morgan fingerprint density at radius 3 is 2.82 bits per heavy atom. The standard InChI is InChI=1S/C13H18N4/c1-3-17-7-6-15-13(17)10-14-8-12-5-4-11(2)16-9-12/h4-7,9,14H,3,8,10H2,1-2H3. The van der Waals surface area contributed by atoms with E-state index in [0.29, 0.717) is 0 Å². The van der Waals surface area contributed by atoms with Crippen molar-refractivity contribution in [3.63, 3.8) is 0 Å². The molecule has 17 heavy (non-hydrogen) atoms. The molecule has 0 aliphatic heterocycles. The fourth-order valence-electron chi connectivity index (χ4n) is 1.72. The van der Waals surface area contributed by atoms with E-state index >= 15 is 0 Å². The largest absolute Gasteiger partial charge is 0.334 e. The van der Waals surface area contributed by atoms with Gasteiger partial charge in [-0.3, -0.25) is 4.98 Å². The summed E-state index contributed by atoms with van der Waals surface area (Å²) in [7, 11) is 0. The third-order valence-corrected chi connectivity index (χ3v) is 2.73. The molecule has 0 spiro atoms. The Morgan fingerprint density at radius 1 is 1.24 bits per heavy atom. The lowest BCUT2D eigenvalue weighted by atomic mass is 10.2. The molecule has 2 aromatic rings. The predicted molar refractivity (Wildman–Crippen MR) is 67.4 cm³/mol. The lowest BCUT2D eigenvalue weighted by Crippen LogP contribution is -2.16. The normalized spacial score (nSPS) is 10.7. The Labute approximate surface area is 102 Å². The van der Waals surface area contributed by atoms with Gasteiger partial charge in [-0.25, -0.2) is 4.98 Å². The van der Waals surface area contributed by atoms with Gasteiger partial charge < -0.3 is 9.88 Å². The van der Waals surface area contributed by atoms with Crippen molar-refractivity contribution < 1.29 is 0 Å². The Bertz CT molecular complexity index is 459. The van der Waals surface area contributed by atoms with E-state index in [1.807, 2.05) is 31.6 Å². The number of nitrogens with zero attached hydrogens (tertiary/aromatic N) is 3. The highest BCUT2D eigenvalue weighted by molar-refractivity contribution is 5.12. The third kappa shape index (κ3) is 3.14. The molecule has 0 fully saturated rings. The molecule has 1 N–H and O–H groups in total. The number of nitrogens with one attached hydrogen (secondary N) is 1. The summed E-state index contributed by atoms with van der Waals surface area (Å²) in [6.07, 6.45) is 5.76. The molecule has 0 aliphatic carbocycles. The van der Waals surface area contributed by atoms with Gasteiger partial charge in [0.05, 0.1) is 6.54 Å². The first-order valence-corrected chi connectivity index (χ1v) is 5.92. The molecule has 0 bridgehead atoms. The molecule has 4 heteroatoms. The van der Waals surface area contributed by atoms with Crippen LogP contribution in [-0.2, 0) is 19.6 Å². The highest BCUT2D eigenvalue weighted by Gasteiger charge is 2.00. The van der Waals surface area contributed by atoms with Crippen molar-refractivity contribution in [2.24, 2.45) is 0 Å². The molecular formula is C13H18N4. The lowest BCUT2D eigenvalue weighted by molar-refractivity contribution is 0.612. The number of rotatable bonds is 5. The molecule has 0 saturated carbocycles. The molecule has 4 nitrogen and oxygen atoms in total. The molecule has 2 heterocycles. The van der Waals surface area contributed by atoms with Crippen LogP contribution in [-0.4, -0.2) is 14.5 Å². The maximum Gasteiger partial charge on any atom is 0.122 e. The fourth-order valence-corrected chi connectivity index (χ4v) is 1.72. The van der Waals surface area contributed by atoms with Gasteiger partial charge in [0.2, 0.25) is 0 Å². The molecule has 0 radical (unpaired) electrons. The highest BCUT2D eigenvalue weighted by Crippen LogP contribution is 2.00. The molecule has 0 aromatic carbocycles. The van der Waals surface area contributed by atoms with Crippen LogP contribution >= 0.6 is 0 Å². The average molecular weight is 230 g/mol. The minimum absolute atomic E-state index is 0.786. The summed E-state index contributed by atoms with van der Waals surface area (Å²) in [5.74, 6) is 1.08. The van der Waals surface area contributed by atoms with E-state index in [1.54, 1.807) is 0 Å². The topological polar surface area (TPSA) is 42.7 Å². The summed E-state index contributed by atoms with van der Waals surface area (Å²) in [5, 5.41) is 3.37. The van der Waals surface area contributed by atoms with Crippen molar-refractivity contribution >= 4 is 0 Å². The molecule has 0 aliphatic rings. The van der Waals surface area contributed by atoms with Crippen molar-refractivity contribution in [3.05, 3.63) is 47.8 Å². The number of hydrogen-bond acceptors (Lipinski definition) is 3. The monoisotopic (exact) mass is 230 g/mol. The van der Waals surface area contributed by atoms with Gasteiger partial charge >= 0.3 is 0 Å². The number of aromatic nitrogens is 3.